The number of aromatic amines is 2. The lowest BCUT2D eigenvalue weighted by molar-refractivity contribution is 0.0917. The van der Waals surface area contributed by atoms with Crippen LogP contribution < -0.4 is 21.3 Å². The number of H-pyrrole nitrogens is 2. The van der Waals surface area contributed by atoms with Crippen molar-refractivity contribution in [1.29, 1.82) is 0 Å². The lowest BCUT2D eigenvalue weighted by Gasteiger charge is -2.09. The largest absolute Gasteiger partial charge is 0.456 e. The molecule has 6 aromatic rings. The summed E-state index contributed by atoms with van der Waals surface area (Å²) in [5.74, 6) is -1.54. The number of benzene rings is 2. The molecule has 0 bridgehead atoms. The summed E-state index contributed by atoms with van der Waals surface area (Å²) in [5, 5.41) is 25.0. The summed E-state index contributed by atoms with van der Waals surface area (Å²) in [6.45, 7) is 4.76. The zero-order valence-corrected chi connectivity index (χ0v) is 29.6. The summed E-state index contributed by atoms with van der Waals surface area (Å²) in [6.07, 6.45) is 2.27. The van der Waals surface area contributed by atoms with Crippen LogP contribution in [0.5, 0.6) is 0 Å². The van der Waals surface area contributed by atoms with Gasteiger partial charge in [0.2, 0.25) is 5.95 Å². The molecule has 0 aliphatic carbocycles. The van der Waals surface area contributed by atoms with Gasteiger partial charge in [-0.15, -0.1) is 0 Å². The molecule has 0 saturated carbocycles. The van der Waals surface area contributed by atoms with Crippen LogP contribution in [0.4, 0.5) is 4.39 Å². The molecule has 4 amide bonds. The number of carbonyl (C=O) groups is 4. The molecule has 4 aromatic heterocycles. The van der Waals surface area contributed by atoms with Gasteiger partial charge in [0.1, 0.15) is 17.1 Å². The summed E-state index contributed by atoms with van der Waals surface area (Å²) in [4.78, 5) is 54.1. The maximum atomic E-state index is 14.6. The summed E-state index contributed by atoms with van der Waals surface area (Å²) < 4.78 is 20.0. The second kappa shape index (κ2) is 17.1. The van der Waals surface area contributed by atoms with E-state index < -0.39 is 11.9 Å². The highest BCUT2D eigenvalue weighted by Crippen LogP contribution is 2.25. The van der Waals surface area contributed by atoms with Crippen LogP contribution in [0.2, 0.25) is 0 Å². The van der Waals surface area contributed by atoms with Gasteiger partial charge in [0.25, 0.3) is 23.6 Å². The molecule has 0 saturated heterocycles. The Morgan fingerprint density at radius 2 is 1.15 bits per heavy atom. The highest BCUT2D eigenvalue weighted by molar-refractivity contribution is 5.96. The van der Waals surface area contributed by atoms with Gasteiger partial charge < -0.3 is 25.7 Å². The molecule has 0 atom stereocenters. The van der Waals surface area contributed by atoms with E-state index in [0.717, 1.165) is 16.7 Å². The molecule has 0 spiro atoms. The number of furan rings is 1. The number of halogens is 1. The molecule has 0 aliphatic heterocycles. The predicted octanol–water partition coefficient (Wildman–Crippen LogP) is 4.98. The monoisotopic (exact) mass is 731 g/mol. The van der Waals surface area contributed by atoms with Crippen LogP contribution in [0.15, 0.2) is 89.5 Å². The fraction of sp³-hybridized carbons (Fsp3) is 0.205. The summed E-state index contributed by atoms with van der Waals surface area (Å²) in [7, 11) is 0. The van der Waals surface area contributed by atoms with Gasteiger partial charge in [0.05, 0.1) is 17.0 Å². The molecule has 54 heavy (non-hydrogen) atoms. The first kappa shape index (κ1) is 36.9. The van der Waals surface area contributed by atoms with E-state index >= 15 is 0 Å². The topological polar surface area (TPSA) is 200 Å². The average Bonchev–Trinajstić information content (AvgIpc) is 3.95. The number of nitrogens with one attached hydrogen (secondary N) is 6. The minimum absolute atomic E-state index is 0.198. The van der Waals surface area contributed by atoms with Gasteiger partial charge in [-0.1, -0.05) is 54.6 Å². The molecule has 0 radical (unpaired) electrons. The molecule has 0 unspecified atom stereocenters. The standard InChI is InChI=1S/C39H38FN9O5/c1-23-18-24(2)54-34(23)39(53)44-17-7-16-43-38(52)33-21-31(47-49-33)27-12-10-25(11-13-27)28-19-29(35(40)45-22-28)36(50)41-14-6-15-42-37(51)32-20-30(46-48-32)26-8-4-3-5-9-26/h3-5,8-13,18-22H,6-7,14-17H2,1-2H3,(H,41,50)(H,42,51)(H,43,52)(H,44,53)(H,46,48)(H,47,49). The Balaban J connectivity index is 0.943. The third kappa shape index (κ3) is 9.11. The summed E-state index contributed by atoms with van der Waals surface area (Å²) >= 11 is 0. The molecule has 14 nitrogen and oxygen atoms in total. The van der Waals surface area contributed by atoms with Gasteiger partial charge in [0.15, 0.2) is 5.76 Å². The van der Waals surface area contributed by atoms with Gasteiger partial charge in [0, 0.05) is 54.6 Å². The van der Waals surface area contributed by atoms with Crippen LogP contribution in [0.1, 0.15) is 66.1 Å². The first-order chi connectivity index (χ1) is 26.2. The normalized spacial score (nSPS) is 10.9. The van der Waals surface area contributed by atoms with Gasteiger partial charge >= 0.3 is 0 Å². The summed E-state index contributed by atoms with van der Waals surface area (Å²) in [6, 6.07) is 23.1. The van der Waals surface area contributed by atoms with E-state index in [1.807, 2.05) is 30.3 Å². The van der Waals surface area contributed by atoms with Crippen molar-refractivity contribution < 1.29 is 28.0 Å². The lowest BCUT2D eigenvalue weighted by Crippen LogP contribution is -2.30. The SMILES string of the molecule is Cc1cc(C)c(C(=O)NCCCNC(=O)c2cc(-c3ccc(-c4cnc(F)c(C(=O)NCCCNC(=O)c5cc(-c6ccccc6)n[nH]5)c4)cc3)n[nH]2)o1. The van der Waals surface area contributed by atoms with Gasteiger partial charge in [-0.3, -0.25) is 29.4 Å². The number of hydrogen-bond acceptors (Lipinski definition) is 8. The molecule has 2 aromatic carbocycles. The van der Waals surface area contributed by atoms with E-state index in [2.05, 4.69) is 46.6 Å². The molecule has 276 valence electrons. The van der Waals surface area contributed by atoms with Crippen LogP contribution in [0, 0.1) is 19.8 Å². The van der Waals surface area contributed by atoms with Crippen molar-refractivity contribution in [2.75, 3.05) is 26.2 Å². The smallest absolute Gasteiger partial charge is 0.287 e. The Kier molecular flexibility index (Phi) is 11.7. The van der Waals surface area contributed by atoms with Crippen molar-refractivity contribution in [1.82, 2.24) is 46.6 Å². The Bertz CT molecular complexity index is 2260. The molecular weight excluding hydrogens is 693 g/mol. The zero-order chi connectivity index (χ0) is 38.0. The van der Waals surface area contributed by atoms with Crippen molar-refractivity contribution >= 4 is 23.6 Å². The van der Waals surface area contributed by atoms with E-state index in [4.69, 9.17) is 4.42 Å². The molecule has 0 aliphatic rings. The molecule has 4 heterocycles. The molecular formula is C39H38FN9O5. The Hall–Kier alpha value is -6.90. The number of carbonyl (C=O) groups excluding carboxylic acids is 4. The second-order valence-electron chi connectivity index (χ2n) is 12.4. The number of nitrogens with zero attached hydrogens (tertiary/aromatic N) is 3. The number of hydrogen-bond donors (Lipinski definition) is 6. The number of amides is 4. The van der Waals surface area contributed by atoms with E-state index in [0.29, 0.717) is 59.9 Å². The fourth-order valence-corrected chi connectivity index (χ4v) is 5.60. The number of pyridine rings is 1. The van der Waals surface area contributed by atoms with Crippen LogP contribution in [0.25, 0.3) is 33.6 Å². The van der Waals surface area contributed by atoms with Gasteiger partial charge in [-0.05, 0) is 56.5 Å². The lowest BCUT2D eigenvalue weighted by atomic mass is 10.0. The number of aromatic nitrogens is 5. The van der Waals surface area contributed by atoms with E-state index in [9.17, 15) is 23.6 Å². The predicted molar refractivity (Wildman–Crippen MR) is 198 cm³/mol. The maximum absolute atomic E-state index is 14.6. The van der Waals surface area contributed by atoms with Crippen LogP contribution in [-0.4, -0.2) is 75.2 Å². The molecule has 0 fully saturated rings. The van der Waals surface area contributed by atoms with Crippen LogP contribution in [0.3, 0.4) is 0 Å². The van der Waals surface area contributed by atoms with Crippen molar-refractivity contribution in [2.45, 2.75) is 26.7 Å². The maximum Gasteiger partial charge on any atom is 0.287 e. The highest BCUT2D eigenvalue weighted by atomic mass is 19.1. The Morgan fingerprint density at radius 3 is 1.70 bits per heavy atom. The van der Waals surface area contributed by atoms with Crippen molar-refractivity contribution in [2.24, 2.45) is 0 Å². The first-order valence-electron chi connectivity index (χ1n) is 17.3. The molecule has 6 rings (SSSR count). The fourth-order valence-electron chi connectivity index (χ4n) is 5.60. The zero-order valence-electron chi connectivity index (χ0n) is 29.6. The second-order valence-corrected chi connectivity index (χ2v) is 12.4. The van der Waals surface area contributed by atoms with Gasteiger partial charge in [-0.2, -0.15) is 14.6 Å². The van der Waals surface area contributed by atoms with E-state index in [1.54, 1.807) is 56.3 Å². The first-order valence-corrected chi connectivity index (χ1v) is 17.3. The Labute approximate surface area is 309 Å². The third-order valence-electron chi connectivity index (χ3n) is 8.41. The highest BCUT2D eigenvalue weighted by Gasteiger charge is 2.17. The van der Waals surface area contributed by atoms with Gasteiger partial charge in [-0.25, -0.2) is 4.98 Å². The van der Waals surface area contributed by atoms with Crippen LogP contribution in [-0.2, 0) is 0 Å². The minimum Gasteiger partial charge on any atom is -0.456 e. The molecule has 6 N–H and O–H groups in total. The van der Waals surface area contributed by atoms with Crippen LogP contribution >= 0.6 is 0 Å². The van der Waals surface area contributed by atoms with E-state index in [-0.39, 0.29) is 47.8 Å². The van der Waals surface area contributed by atoms with Crippen molar-refractivity contribution in [3.8, 4) is 33.6 Å². The quantitative estimate of drug-likeness (QED) is 0.0628. The van der Waals surface area contributed by atoms with Crippen molar-refractivity contribution in [3.05, 3.63) is 125 Å². The number of aryl methyl sites for hydroxylation is 2. The van der Waals surface area contributed by atoms with Crippen molar-refractivity contribution in [3.63, 3.8) is 0 Å². The molecule has 15 heteroatoms. The van der Waals surface area contributed by atoms with E-state index in [1.165, 1.54) is 12.3 Å². The Morgan fingerprint density at radius 1 is 0.630 bits per heavy atom. The number of rotatable bonds is 15. The summed E-state index contributed by atoms with van der Waals surface area (Å²) in [5.41, 5.74) is 5.17. The third-order valence-corrected chi connectivity index (χ3v) is 8.41. The minimum atomic E-state index is -0.902. The average molecular weight is 732 g/mol.